The molecule has 1 aliphatic rings. The van der Waals surface area contributed by atoms with Gasteiger partial charge in [0.1, 0.15) is 0 Å². The Morgan fingerprint density at radius 3 is 2.55 bits per heavy atom. The van der Waals surface area contributed by atoms with Crippen molar-refractivity contribution < 1.29 is 14.3 Å². The minimum absolute atomic E-state index is 0.0857. The predicted octanol–water partition coefficient (Wildman–Crippen LogP) is 3.15. The molecular formula is C24H27N3O4. The molecule has 0 saturated heterocycles. The van der Waals surface area contributed by atoms with Crippen molar-refractivity contribution >= 4 is 16.7 Å². The molecule has 0 unspecified atom stereocenters. The lowest BCUT2D eigenvalue weighted by molar-refractivity contribution is -0.121. The molecule has 0 aliphatic carbocycles. The van der Waals surface area contributed by atoms with Crippen molar-refractivity contribution in [3.05, 3.63) is 64.1 Å². The van der Waals surface area contributed by atoms with E-state index in [1.54, 1.807) is 13.1 Å². The van der Waals surface area contributed by atoms with Gasteiger partial charge < -0.3 is 14.8 Å². The van der Waals surface area contributed by atoms with E-state index in [4.69, 9.17) is 9.47 Å². The number of ether oxygens (including phenoxy) is 2. The average Bonchev–Trinajstić information content (AvgIpc) is 3.00. The molecule has 1 N–H and O–H groups in total. The fraction of sp³-hybridized carbons (Fsp3) is 0.375. The molecule has 1 aliphatic heterocycles. The molecule has 2 heterocycles. The molecule has 1 aromatic heterocycles. The lowest BCUT2D eigenvalue weighted by Gasteiger charge is -2.24. The zero-order valence-electron chi connectivity index (χ0n) is 18.1. The number of rotatable bonds is 5. The number of hydrogen-bond donors (Lipinski definition) is 1. The number of carbonyl (C=O) groups excluding carboxylic acids is 1. The monoisotopic (exact) mass is 421 g/mol. The Kier molecular flexibility index (Phi) is 5.93. The van der Waals surface area contributed by atoms with E-state index in [0.29, 0.717) is 35.4 Å². The topological polar surface area (TPSA) is 82.5 Å². The van der Waals surface area contributed by atoms with Gasteiger partial charge in [0.15, 0.2) is 11.5 Å². The summed E-state index contributed by atoms with van der Waals surface area (Å²) < 4.78 is 12.8. The van der Waals surface area contributed by atoms with E-state index in [0.717, 1.165) is 17.7 Å². The van der Waals surface area contributed by atoms with Crippen LogP contribution in [0.4, 0.5) is 0 Å². The molecule has 0 fully saturated rings. The van der Waals surface area contributed by atoms with E-state index in [9.17, 15) is 9.59 Å². The number of fused-ring (bicyclic) bond motifs is 2. The van der Waals surface area contributed by atoms with Gasteiger partial charge in [-0.15, -0.1) is 0 Å². The molecule has 0 bridgehead atoms. The lowest BCUT2D eigenvalue weighted by Crippen LogP contribution is -2.33. The highest BCUT2D eigenvalue weighted by atomic mass is 16.5. The number of amides is 1. The first-order valence-corrected chi connectivity index (χ1v) is 10.6. The molecule has 4 rings (SSSR count). The Labute approximate surface area is 181 Å². The zero-order valence-corrected chi connectivity index (χ0v) is 18.1. The maximum atomic E-state index is 13.0. The van der Waals surface area contributed by atoms with Gasteiger partial charge in [-0.2, -0.15) is 5.10 Å². The van der Waals surface area contributed by atoms with Gasteiger partial charge in [0.05, 0.1) is 36.8 Å². The van der Waals surface area contributed by atoms with E-state index >= 15 is 0 Å². The Hall–Kier alpha value is -3.35. The first-order chi connectivity index (χ1) is 14.9. The number of nitrogens with one attached hydrogen (secondary N) is 1. The van der Waals surface area contributed by atoms with E-state index in [-0.39, 0.29) is 29.8 Å². The summed E-state index contributed by atoms with van der Waals surface area (Å²) in [5, 5.41) is 8.75. The zero-order chi connectivity index (χ0) is 22.0. The third-order valence-electron chi connectivity index (χ3n) is 5.47. The number of carbonyl (C=O) groups is 1. The van der Waals surface area contributed by atoms with Crippen molar-refractivity contribution in [3.63, 3.8) is 0 Å². The fourth-order valence-electron chi connectivity index (χ4n) is 3.89. The highest BCUT2D eigenvalue weighted by Gasteiger charge is 2.22. The Morgan fingerprint density at radius 1 is 1.10 bits per heavy atom. The van der Waals surface area contributed by atoms with Crippen molar-refractivity contribution in [1.29, 1.82) is 0 Å². The summed E-state index contributed by atoms with van der Waals surface area (Å²) in [7, 11) is 1.60. The normalized spacial score (nSPS) is 14.3. The van der Waals surface area contributed by atoms with Crippen LogP contribution in [-0.4, -0.2) is 28.9 Å². The highest BCUT2D eigenvalue weighted by Crippen LogP contribution is 2.34. The van der Waals surface area contributed by atoms with E-state index in [2.05, 4.69) is 24.3 Å². The molecule has 0 spiro atoms. The molecule has 7 heteroatoms. The third kappa shape index (κ3) is 4.40. The first-order valence-electron chi connectivity index (χ1n) is 10.6. The van der Waals surface area contributed by atoms with E-state index < -0.39 is 0 Å². The molecule has 1 atom stereocenters. The van der Waals surface area contributed by atoms with Gasteiger partial charge in [0.25, 0.3) is 5.56 Å². The summed E-state index contributed by atoms with van der Waals surface area (Å²) in [4.78, 5) is 25.3. The second-order valence-corrected chi connectivity index (χ2v) is 8.14. The second kappa shape index (κ2) is 8.79. The van der Waals surface area contributed by atoms with Gasteiger partial charge in [-0.1, -0.05) is 38.1 Å². The predicted molar refractivity (Wildman–Crippen MR) is 118 cm³/mol. The van der Waals surface area contributed by atoms with Gasteiger partial charge >= 0.3 is 0 Å². The van der Waals surface area contributed by atoms with Crippen molar-refractivity contribution in [3.8, 4) is 11.5 Å². The van der Waals surface area contributed by atoms with Gasteiger partial charge in [-0.05, 0) is 29.7 Å². The van der Waals surface area contributed by atoms with Crippen LogP contribution in [-0.2, 0) is 18.3 Å². The summed E-state index contributed by atoms with van der Waals surface area (Å²) in [5.74, 6) is 1.46. The smallest absolute Gasteiger partial charge is 0.274 e. The summed E-state index contributed by atoms with van der Waals surface area (Å²) >= 11 is 0. The molecule has 2 aromatic carbocycles. The van der Waals surface area contributed by atoms with Crippen molar-refractivity contribution in [2.45, 2.75) is 32.7 Å². The van der Waals surface area contributed by atoms with Crippen LogP contribution in [0.25, 0.3) is 10.8 Å². The molecule has 3 aromatic rings. The Balaban J connectivity index is 1.58. The summed E-state index contributed by atoms with van der Waals surface area (Å²) in [6, 6.07) is 12.9. The Bertz CT molecular complexity index is 1170. The summed E-state index contributed by atoms with van der Waals surface area (Å²) in [6.07, 6.45) is 0.928. The van der Waals surface area contributed by atoms with Crippen LogP contribution in [0.2, 0.25) is 0 Å². The van der Waals surface area contributed by atoms with Crippen molar-refractivity contribution in [2.24, 2.45) is 13.0 Å². The van der Waals surface area contributed by atoms with Gasteiger partial charge in [-0.25, -0.2) is 4.68 Å². The van der Waals surface area contributed by atoms with Gasteiger partial charge in [0, 0.05) is 18.9 Å². The minimum Gasteiger partial charge on any atom is -0.490 e. The largest absolute Gasteiger partial charge is 0.490 e. The van der Waals surface area contributed by atoms with Gasteiger partial charge in [0.2, 0.25) is 5.91 Å². The molecule has 1 amide bonds. The van der Waals surface area contributed by atoms with Crippen molar-refractivity contribution in [1.82, 2.24) is 15.1 Å². The Morgan fingerprint density at radius 2 is 1.81 bits per heavy atom. The number of nitrogens with zero attached hydrogens (tertiary/aromatic N) is 2. The van der Waals surface area contributed by atoms with Crippen LogP contribution in [0.1, 0.15) is 37.6 Å². The van der Waals surface area contributed by atoms with Crippen LogP contribution in [0, 0.1) is 5.92 Å². The van der Waals surface area contributed by atoms with Crippen LogP contribution < -0.4 is 20.3 Å². The van der Waals surface area contributed by atoms with Crippen molar-refractivity contribution in [2.75, 3.05) is 13.2 Å². The molecule has 0 radical (unpaired) electrons. The molecule has 31 heavy (non-hydrogen) atoms. The molecular weight excluding hydrogens is 394 g/mol. The first kappa shape index (κ1) is 20.9. The van der Waals surface area contributed by atoms with E-state index in [1.807, 2.05) is 36.4 Å². The van der Waals surface area contributed by atoms with Gasteiger partial charge in [-0.3, -0.25) is 9.59 Å². The molecule has 0 saturated carbocycles. The maximum absolute atomic E-state index is 13.0. The maximum Gasteiger partial charge on any atom is 0.274 e. The van der Waals surface area contributed by atoms with Crippen LogP contribution in [0.5, 0.6) is 11.5 Å². The van der Waals surface area contributed by atoms with Crippen LogP contribution in [0.3, 0.4) is 0 Å². The number of aryl methyl sites for hydroxylation is 1. The second-order valence-electron chi connectivity index (χ2n) is 8.14. The lowest BCUT2D eigenvalue weighted by atomic mass is 9.95. The third-order valence-corrected chi connectivity index (χ3v) is 5.47. The summed E-state index contributed by atoms with van der Waals surface area (Å²) in [5.41, 5.74) is 1.37. The fourth-order valence-corrected chi connectivity index (χ4v) is 3.89. The van der Waals surface area contributed by atoms with E-state index in [1.165, 1.54) is 4.68 Å². The summed E-state index contributed by atoms with van der Waals surface area (Å²) in [6.45, 7) is 5.37. The average molecular weight is 421 g/mol. The standard InChI is InChI=1S/C24H27N3O4/c1-15(2)23(16-9-10-20-21(13-16)31-12-6-11-30-20)25-22(28)14-19-17-7-4-5-8-18(17)24(29)27(3)26-19/h4-5,7-10,13,15,23H,6,11-12,14H2,1-3H3,(H,25,28)/t23-/m0/s1. The SMILES string of the molecule is CC(C)[C@H](NC(=O)Cc1nn(C)c(=O)c2ccccc12)c1ccc2c(c1)OCCCO2. The van der Waals surface area contributed by atoms with Crippen LogP contribution >= 0.6 is 0 Å². The molecule has 7 nitrogen and oxygen atoms in total. The number of aromatic nitrogens is 2. The number of hydrogen-bond acceptors (Lipinski definition) is 5. The highest BCUT2D eigenvalue weighted by molar-refractivity contribution is 5.88. The minimum atomic E-state index is -0.191. The number of benzene rings is 2. The van der Waals surface area contributed by atoms with Crippen LogP contribution in [0.15, 0.2) is 47.3 Å². The molecule has 162 valence electrons. The quantitative estimate of drug-likeness (QED) is 0.684.